The fraction of sp³-hybridized carbons (Fsp3) is 0.381. The van der Waals surface area contributed by atoms with Crippen molar-refractivity contribution < 1.29 is 23.5 Å². The van der Waals surface area contributed by atoms with Crippen molar-refractivity contribution in [3.63, 3.8) is 0 Å². The Labute approximate surface area is 174 Å². The Hall–Kier alpha value is -2.80. The number of ether oxygens (including phenoxy) is 1. The first-order chi connectivity index (χ1) is 14.0. The quantitative estimate of drug-likeness (QED) is 0.674. The van der Waals surface area contributed by atoms with Gasteiger partial charge in [-0.3, -0.25) is 14.4 Å². The van der Waals surface area contributed by atoms with E-state index in [-0.39, 0.29) is 30.8 Å². The number of hydrogen-bond donors (Lipinski definition) is 0. The highest BCUT2D eigenvalue weighted by atomic mass is 35.5. The van der Waals surface area contributed by atoms with Gasteiger partial charge in [0, 0.05) is 30.6 Å². The highest BCUT2D eigenvalue weighted by molar-refractivity contribution is 6.30. The minimum atomic E-state index is -0.474. The topological polar surface area (TPSA) is 80.1 Å². The minimum Gasteiger partial charge on any atom is -0.468 e. The Morgan fingerprint density at radius 1 is 1.17 bits per heavy atom. The van der Waals surface area contributed by atoms with Crippen LogP contribution in [-0.4, -0.2) is 54.3 Å². The Morgan fingerprint density at radius 2 is 1.86 bits per heavy atom. The summed E-state index contributed by atoms with van der Waals surface area (Å²) >= 11 is 5.92. The molecular weight excluding hydrogens is 396 g/mol. The Morgan fingerprint density at radius 3 is 2.45 bits per heavy atom. The van der Waals surface area contributed by atoms with Gasteiger partial charge in [0.2, 0.25) is 5.91 Å². The Balaban J connectivity index is 1.63. The number of rotatable bonds is 6. The van der Waals surface area contributed by atoms with Gasteiger partial charge in [-0.25, -0.2) is 0 Å². The van der Waals surface area contributed by atoms with Gasteiger partial charge in [-0.15, -0.1) is 0 Å². The van der Waals surface area contributed by atoms with Gasteiger partial charge in [-0.1, -0.05) is 23.7 Å². The van der Waals surface area contributed by atoms with Gasteiger partial charge in [0.25, 0.3) is 5.91 Å². The zero-order valence-electron chi connectivity index (χ0n) is 16.2. The zero-order valence-corrected chi connectivity index (χ0v) is 16.9. The van der Waals surface area contributed by atoms with Crippen LogP contribution < -0.4 is 0 Å². The van der Waals surface area contributed by atoms with Gasteiger partial charge in [-0.2, -0.15) is 0 Å². The largest absolute Gasteiger partial charge is 0.468 e. The molecule has 0 aliphatic carbocycles. The zero-order chi connectivity index (χ0) is 20.8. The molecule has 8 heteroatoms. The second-order valence-corrected chi connectivity index (χ2v) is 7.38. The van der Waals surface area contributed by atoms with Gasteiger partial charge in [-0.05, 0) is 42.7 Å². The monoisotopic (exact) mass is 418 g/mol. The van der Waals surface area contributed by atoms with Crippen LogP contribution in [0.2, 0.25) is 5.02 Å². The maximum Gasteiger partial charge on any atom is 0.325 e. The van der Waals surface area contributed by atoms with E-state index in [9.17, 15) is 14.4 Å². The Kier molecular flexibility index (Phi) is 6.93. The maximum absolute atomic E-state index is 13.1. The summed E-state index contributed by atoms with van der Waals surface area (Å²) < 4.78 is 9.91. The van der Waals surface area contributed by atoms with Crippen LogP contribution in [0.1, 0.15) is 29.0 Å². The van der Waals surface area contributed by atoms with Gasteiger partial charge in [0.05, 0.1) is 13.4 Å². The lowest BCUT2D eigenvalue weighted by molar-refractivity contribution is -0.149. The van der Waals surface area contributed by atoms with Crippen LogP contribution in [0.4, 0.5) is 0 Å². The number of carbonyl (C=O) groups excluding carboxylic acids is 3. The molecule has 1 aromatic heterocycles. The standard InChI is InChI=1S/C21H23ClN2O5/c1-28-19(25)14-24(13-15-4-6-17(22)7-5-15)20(26)16-8-10-23(11-9-16)21(27)18-3-2-12-29-18/h2-7,12,16H,8-11,13-14H2,1H3. The van der Waals surface area contributed by atoms with Crippen LogP contribution in [-0.2, 0) is 20.9 Å². The molecule has 1 aliphatic rings. The molecule has 2 amide bonds. The number of esters is 1. The summed E-state index contributed by atoms with van der Waals surface area (Å²) in [6.07, 6.45) is 2.53. The summed E-state index contributed by atoms with van der Waals surface area (Å²) in [5.74, 6) is -0.723. The minimum absolute atomic E-state index is 0.115. The molecule has 1 saturated heterocycles. The summed E-state index contributed by atoms with van der Waals surface area (Å²) in [6, 6.07) is 10.4. The number of methoxy groups -OCH3 is 1. The molecule has 2 aromatic rings. The van der Waals surface area contributed by atoms with Gasteiger partial charge >= 0.3 is 5.97 Å². The molecule has 0 unspecified atom stereocenters. The van der Waals surface area contributed by atoms with E-state index in [1.807, 2.05) is 12.1 Å². The van der Waals surface area contributed by atoms with E-state index in [4.69, 9.17) is 20.8 Å². The highest BCUT2D eigenvalue weighted by Crippen LogP contribution is 2.23. The SMILES string of the molecule is COC(=O)CN(Cc1ccc(Cl)cc1)C(=O)C1CCN(C(=O)c2ccco2)CC1. The second-order valence-electron chi connectivity index (χ2n) is 6.94. The summed E-state index contributed by atoms with van der Waals surface area (Å²) in [6.45, 7) is 1.09. The normalized spacial score (nSPS) is 14.5. The lowest BCUT2D eigenvalue weighted by Crippen LogP contribution is -2.45. The fourth-order valence-corrected chi connectivity index (χ4v) is 3.51. The number of nitrogens with zero attached hydrogens (tertiary/aromatic N) is 2. The van der Waals surface area contributed by atoms with Gasteiger partial charge < -0.3 is 19.0 Å². The summed E-state index contributed by atoms with van der Waals surface area (Å²) in [5.41, 5.74) is 0.872. The van der Waals surface area contributed by atoms with E-state index in [1.165, 1.54) is 18.3 Å². The third kappa shape index (κ3) is 5.38. The molecule has 7 nitrogen and oxygen atoms in total. The highest BCUT2D eigenvalue weighted by Gasteiger charge is 2.32. The first-order valence-corrected chi connectivity index (χ1v) is 9.78. The molecule has 0 bridgehead atoms. The molecule has 0 spiro atoms. The van der Waals surface area contributed by atoms with Crippen LogP contribution in [0.25, 0.3) is 0 Å². The van der Waals surface area contributed by atoms with Crippen molar-refractivity contribution in [3.05, 3.63) is 59.0 Å². The first-order valence-electron chi connectivity index (χ1n) is 9.40. The summed E-state index contributed by atoms with van der Waals surface area (Å²) in [4.78, 5) is 40.5. The molecule has 0 saturated carbocycles. The number of likely N-dealkylation sites (tertiary alicyclic amines) is 1. The predicted molar refractivity (Wildman–Crippen MR) is 106 cm³/mol. The van der Waals surface area contributed by atoms with Crippen molar-refractivity contribution in [2.45, 2.75) is 19.4 Å². The molecule has 1 aromatic carbocycles. The number of carbonyl (C=O) groups is 3. The maximum atomic E-state index is 13.1. The first kappa shape index (κ1) is 20.9. The molecule has 1 aliphatic heterocycles. The number of benzene rings is 1. The van der Waals surface area contributed by atoms with Gasteiger partial charge in [0.15, 0.2) is 5.76 Å². The van der Waals surface area contributed by atoms with Gasteiger partial charge in [0.1, 0.15) is 6.54 Å². The van der Waals surface area contributed by atoms with Crippen LogP contribution in [0, 0.1) is 5.92 Å². The van der Waals surface area contributed by atoms with Crippen LogP contribution in [0.5, 0.6) is 0 Å². The number of halogens is 1. The molecule has 0 radical (unpaired) electrons. The van der Waals surface area contributed by atoms with E-state index < -0.39 is 5.97 Å². The molecule has 154 valence electrons. The smallest absolute Gasteiger partial charge is 0.325 e. The number of piperidine rings is 1. The van der Waals surface area contributed by atoms with Crippen LogP contribution in [0.3, 0.4) is 0 Å². The number of amides is 2. The van der Waals surface area contributed by atoms with Crippen molar-refractivity contribution >= 4 is 29.4 Å². The molecule has 1 fully saturated rings. The molecule has 0 atom stereocenters. The summed E-state index contributed by atoms with van der Waals surface area (Å²) in [5, 5.41) is 0.605. The van der Waals surface area contributed by atoms with Crippen LogP contribution in [0.15, 0.2) is 47.1 Å². The van der Waals surface area contributed by atoms with Crippen molar-refractivity contribution in [3.8, 4) is 0 Å². The van der Waals surface area contributed by atoms with E-state index in [1.54, 1.807) is 29.2 Å². The lowest BCUT2D eigenvalue weighted by Gasteiger charge is -2.33. The number of furan rings is 1. The third-order valence-electron chi connectivity index (χ3n) is 5.01. The van der Waals surface area contributed by atoms with Crippen molar-refractivity contribution in [2.24, 2.45) is 5.92 Å². The van der Waals surface area contributed by atoms with E-state index in [0.29, 0.717) is 36.7 Å². The van der Waals surface area contributed by atoms with E-state index >= 15 is 0 Å². The molecule has 0 N–H and O–H groups in total. The van der Waals surface area contributed by atoms with Crippen molar-refractivity contribution in [1.29, 1.82) is 0 Å². The average Bonchev–Trinajstić information content (AvgIpc) is 3.28. The summed E-state index contributed by atoms with van der Waals surface area (Å²) in [7, 11) is 1.30. The second kappa shape index (κ2) is 9.60. The molecular formula is C21H23ClN2O5. The third-order valence-corrected chi connectivity index (χ3v) is 5.26. The van der Waals surface area contributed by atoms with Crippen LogP contribution >= 0.6 is 11.6 Å². The van der Waals surface area contributed by atoms with E-state index in [0.717, 1.165) is 5.56 Å². The average molecular weight is 419 g/mol. The van der Waals surface area contributed by atoms with Crippen molar-refractivity contribution in [2.75, 3.05) is 26.7 Å². The van der Waals surface area contributed by atoms with E-state index in [2.05, 4.69) is 0 Å². The molecule has 3 rings (SSSR count). The lowest BCUT2D eigenvalue weighted by atomic mass is 9.94. The molecule has 29 heavy (non-hydrogen) atoms. The Bertz CT molecular complexity index is 842. The predicted octanol–water partition coefficient (Wildman–Crippen LogP) is 2.99. The number of hydrogen-bond acceptors (Lipinski definition) is 5. The fourth-order valence-electron chi connectivity index (χ4n) is 3.39. The molecule has 2 heterocycles. The van der Waals surface area contributed by atoms with Crippen molar-refractivity contribution in [1.82, 2.24) is 9.80 Å².